The summed E-state index contributed by atoms with van der Waals surface area (Å²) in [6.45, 7) is 6.36. The van der Waals surface area contributed by atoms with Crippen molar-refractivity contribution in [3.8, 4) is 0 Å². The molecule has 3 atom stereocenters. The fraction of sp³-hybridized carbons (Fsp3) is 0.529. The molecule has 8 nitrogen and oxygen atoms in total. The second kappa shape index (κ2) is 7.28. The number of nitrogen functional groups attached to an aromatic ring is 1. The predicted octanol–water partition coefficient (Wildman–Crippen LogP) is 1.06. The fourth-order valence-electron chi connectivity index (χ4n) is 2.71. The summed E-state index contributed by atoms with van der Waals surface area (Å²) in [5.74, 6) is 1.28. The molecule has 25 heavy (non-hydrogen) atoms. The highest BCUT2D eigenvalue weighted by Crippen LogP contribution is 2.21. The smallest absolute Gasteiger partial charge is 0.222 e. The number of ether oxygens (including phenoxy) is 1. The van der Waals surface area contributed by atoms with Gasteiger partial charge in [-0.3, -0.25) is 4.98 Å². The second-order valence-electron chi connectivity index (χ2n) is 6.64. The summed E-state index contributed by atoms with van der Waals surface area (Å²) in [5, 5.41) is 13.7. The minimum atomic E-state index is -0.687. The maximum Gasteiger partial charge on any atom is 0.222 e. The van der Waals surface area contributed by atoms with Gasteiger partial charge < -0.3 is 20.9 Å². The van der Waals surface area contributed by atoms with E-state index < -0.39 is 6.10 Å². The maximum absolute atomic E-state index is 10.5. The molecule has 3 rings (SSSR count). The maximum atomic E-state index is 10.5. The lowest BCUT2D eigenvalue weighted by molar-refractivity contribution is 0.0417. The van der Waals surface area contributed by atoms with Gasteiger partial charge >= 0.3 is 0 Å². The van der Waals surface area contributed by atoms with Crippen molar-refractivity contribution >= 4 is 11.8 Å². The van der Waals surface area contributed by atoms with Crippen LogP contribution < -0.4 is 11.1 Å². The zero-order valence-electron chi connectivity index (χ0n) is 14.7. The van der Waals surface area contributed by atoms with E-state index >= 15 is 0 Å². The van der Waals surface area contributed by atoms with Gasteiger partial charge in [0, 0.05) is 18.8 Å². The topological polar surface area (TPSA) is 119 Å². The standard InChI is InChI=1S/C17H24N6O2/c1-9(2)11-5-20-17(21-6-11)23-13-8-25-14(15(13)24)4-12-7-19-16(18)10(3)22-12/h5-7,9,13-15,24H,4,8H2,1-3H3,(H2,18,19)(H,20,21,23). The summed E-state index contributed by atoms with van der Waals surface area (Å²) < 4.78 is 5.72. The number of nitrogens with two attached hydrogens (primary N) is 1. The van der Waals surface area contributed by atoms with Crippen molar-refractivity contribution in [2.75, 3.05) is 17.7 Å². The van der Waals surface area contributed by atoms with Gasteiger partial charge in [0.1, 0.15) is 11.9 Å². The Kier molecular flexibility index (Phi) is 5.10. The lowest BCUT2D eigenvalue weighted by Crippen LogP contribution is -2.37. The van der Waals surface area contributed by atoms with Gasteiger partial charge in [0.15, 0.2) is 0 Å². The number of anilines is 2. The van der Waals surface area contributed by atoms with E-state index in [-0.39, 0.29) is 12.1 Å². The molecule has 3 heterocycles. The first kappa shape index (κ1) is 17.5. The Hall–Kier alpha value is -2.32. The molecule has 0 aliphatic carbocycles. The summed E-state index contributed by atoms with van der Waals surface area (Å²) in [7, 11) is 0. The van der Waals surface area contributed by atoms with Crippen molar-refractivity contribution < 1.29 is 9.84 Å². The summed E-state index contributed by atoms with van der Waals surface area (Å²) >= 11 is 0. The molecule has 1 saturated heterocycles. The first-order valence-electron chi connectivity index (χ1n) is 8.40. The molecule has 1 fully saturated rings. The lowest BCUT2D eigenvalue weighted by atomic mass is 10.1. The lowest BCUT2D eigenvalue weighted by Gasteiger charge is -2.18. The zero-order chi connectivity index (χ0) is 18.0. The Labute approximate surface area is 146 Å². The first-order chi connectivity index (χ1) is 11.9. The molecule has 134 valence electrons. The van der Waals surface area contributed by atoms with Gasteiger partial charge in [0.05, 0.1) is 36.3 Å². The van der Waals surface area contributed by atoms with Crippen LogP contribution in [0, 0.1) is 6.92 Å². The summed E-state index contributed by atoms with van der Waals surface area (Å²) in [6.07, 6.45) is 4.64. The highest BCUT2D eigenvalue weighted by molar-refractivity contribution is 5.33. The number of aryl methyl sites for hydroxylation is 1. The monoisotopic (exact) mass is 344 g/mol. The van der Waals surface area contributed by atoms with Crippen LogP contribution in [-0.4, -0.2) is 49.9 Å². The van der Waals surface area contributed by atoms with Crippen LogP contribution in [0.25, 0.3) is 0 Å². The van der Waals surface area contributed by atoms with E-state index in [4.69, 9.17) is 10.5 Å². The van der Waals surface area contributed by atoms with Crippen molar-refractivity contribution in [1.82, 2.24) is 19.9 Å². The predicted molar refractivity (Wildman–Crippen MR) is 94.2 cm³/mol. The molecule has 0 bridgehead atoms. The molecule has 0 radical (unpaired) electrons. The number of nitrogens with zero attached hydrogens (tertiary/aromatic N) is 4. The quantitative estimate of drug-likeness (QED) is 0.737. The van der Waals surface area contributed by atoms with E-state index in [1.54, 1.807) is 25.5 Å². The third-order valence-corrected chi connectivity index (χ3v) is 4.38. The van der Waals surface area contributed by atoms with Gasteiger partial charge in [-0.05, 0) is 18.4 Å². The van der Waals surface area contributed by atoms with Crippen LogP contribution >= 0.6 is 0 Å². The molecule has 0 spiro atoms. The molecule has 1 aliphatic rings. The fourth-order valence-corrected chi connectivity index (χ4v) is 2.71. The Balaban J connectivity index is 1.61. The van der Waals surface area contributed by atoms with Crippen molar-refractivity contribution in [3.05, 3.63) is 35.5 Å². The normalized spacial score (nSPS) is 23.2. The van der Waals surface area contributed by atoms with Gasteiger partial charge in [-0.1, -0.05) is 13.8 Å². The van der Waals surface area contributed by atoms with E-state index in [0.29, 0.717) is 36.4 Å². The Morgan fingerprint density at radius 2 is 2.00 bits per heavy atom. The SMILES string of the molecule is Cc1nc(CC2OCC(Nc3ncc(C(C)C)cn3)C2O)cnc1N. The van der Waals surface area contributed by atoms with Crippen LogP contribution in [0.1, 0.15) is 36.7 Å². The summed E-state index contributed by atoms with van der Waals surface area (Å²) in [4.78, 5) is 17.1. The van der Waals surface area contributed by atoms with Crippen molar-refractivity contribution in [1.29, 1.82) is 0 Å². The van der Waals surface area contributed by atoms with Crippen LogP contribution in [0.4, 0.5) is 11.8 Å². The molecule has 2 aromatic heterocycles. The Morgan fingerprint density at radius 3 is 2.64 bits per heavy atom. The van der Waals surface area contributed by atoms with Gasteiger partial charge in [-0.15, -0.1) is 0 Å². The van der Waals surface area contributed by atoms with Crippen LogP contribution in [0.2, 0.25) is 0 Å². The Bertz CT molecular complexity index is 722. The van der Waals surface area contributed by atoms with Gasteiger partial charge in [-0.25, -0.2) is 15.0 Å². The molecule has 3 unspecified atom stereocenters. The van der Waals surface area contributed by atoms with Crippen molar-refractivity contribution in [3.63, 3.8) is 0 Å². The van der Waals surface area contributed by atoms with Gasteiger partial charge in [-0.2, -0.15) is 0 Å². The van der Waals surface area contributed by atoms with Gasteiger partial charge in [0.2, 0.25) is 5.95 Å². The van der Waals surface area contributed by atoms with Crippen LogP contribution in [0.5, 0.6) is 0 Å². The third kappa shape index (κ3) is 4.02. The van der Waals surface area contributed by atoms with Crippen LogP contribution in [0.15, 0.2) is 18.6 Å². The Morgan fingerprint density at radius 1 is 1.28 bits per heavy atom. The van der Waals surface area contributed by atoms with E-state index in [1.807, 2.05) is 0 Å². The van der Waals surface area contributed by atoms with Crippen molar-refractivity contribution in [2.24, 2.45) is 0 Å². The van der Waals surface area contributed by atoms with Gasteiger partial charge in [0.25, 0.3) is 0 Å². The number of rotatable bonds is 5. The van der Waals surface area contributed by atoms with Crippen molar-refractivity contribution in [2.45, 2.75) is 51.4 Å². The summed E-state index contributed by atoms with van der Waals surface area (Å²) in [6, 6.07) is -0.266. The van der Waals surface area contributed by atoms with Crippen LogP contribution in [0.3, 0.4) is 0 Å². The minimum Gasteiger partial charge on any atom is -0.388 e. The summed E-state index contributed by atoms with van der Waals surface area (Å²) in [5.41, 5.74) is 8.18. The van der Waals surface area contributed by atoms with E-state index in [0.717, 1.165) is 11.3 Å². The van der Waals surface area contributed by atoms with E-state index in [9.17, 15) is 5.11 Å². The molecular weight excluding hydrogens is 320 g/mol. The molecular formula is C17H24N6O2. The zero-order valence-corrected chi connectivity index (χ0v) is 14.7. The molecule has 2 aromatic rings. The molecule has 1 aliphatic heterocycles. The largest absolute Gasteiger partial charge is 0.388 e. The highest BCUT2D eigenvalue weighted by Gasteiger charge is 2.36. The molecule has 8 heteroatoms. The number of aliphatic hydroxyl groups excluding tert-OH is 1. The minimum absolute atomic E-state index is 0.266. The molecule has 0 aromatic carbocycles. The number of hydrogen-bond acceptors (Lipinski definition) is 8. The molecule has 0 saturated carbocycles. The van der Waals surface area contributed by atoms with Crippen LogP contribution in [-0.2, 0) is 11.2 Å². The number of hydrogen-bond donors (Lipinski definition) is 3. The highest BCUT2D eigenvalue weighted by atomic mass is 16.5. The first-order valence-corrected chi connectivity index (χ1v) is 8.40. The second-order valence-corrected chi connectivity index (χ2v) is 6.64. The third-order valence-electron chi connectivity index (χ3n) is 4.38. The number of nitrogens with one attached hydrogen (secondary N) is 1. The average Bonchev–Trinajstić information content (AvgIpc) is 2.92. The van der Waals surface area contributed by atoms with E-state index in [1.165, 1.54) is 0 Å². The number of aromatic nitrogens is 4. The average molecular weight is 344 g/mol. The number of aliphatic hydroxyl groups is 1. The molecule has 4 N–H and O–H groups in total. The van der Waals surface area contributed by atoms with E-state index in [2.05, 4.69) is 39.1 Å². The molecule has 0 amide bonds.